The summed E-state index contributed by atoms with van der Waals surface area (Å²) in [6.07, 6.45) is 5.34. The Morgan fingerprint density at radius 1 is 1.27 bits per heavy atom. The Bertz CT molecular complexity index is 932. The number of hydrogen-bond acceptors (Lipinski definition) is 4. The van der Waals surface area contributed by atoms with Crippen molar-refractivity contribution in [2.75, 3.05) is 0 Å². The highest BCUT2D eigenvalue weighted by atomic mass is 16.5. The first-order valence-electron chi connectivity index (χ1n) is 6.79. The molecule has 1 aliphatic heterocycles. The van der Waals surface area contributed by atoms with Crippen LogP contribution in [-0.4, -0.2) is 21.3 Å². The van der Waals surface area contributed by atoms with Crippen molar-refractivity contribution in [3.63, 3.8) is 0 Å². The molecule has 1 aromatic carbocycles. The predicted molar refractivity (Wildman–Crippen MR) is 82.1 cm³/mol. The van der Waals surface area contributed by atoms with Gasteiger partial charge in [0.25, 0.3) is 5.91 Å². The van der Waals surface area contributed by atoms with Crippen LogP contribution >= 0.6 is 0 Å². The summed E-state index contributed by atoms with van der Waals surface area (Å²) >= 11 is 0. The number of rotatable bonds is 2. The van der Waals surface area contributed by atoms with Crippen molar-refractivity contribution >= 4 is 28.6 Å². The predicted octanol–water partition coefficient (Wildman–Crippen LogP) is 2.08. The minimum absolute atomic E-state index is 0.251. The van der Waals surface area contributed by atoms with E-state index in [1.54, 1.807) is 6.07 Å². The Kier molecular flexibility index (Phi) is 2.69. The molecular formula is C16H12N4O2. The average molecular weight is 292 g/mol. The van der Waals surface area contributed by atoms with Gasteiger partial charge in [-0.05, 0) is 12.1 Å². The number of carbonyl (C=O) groups is 1. The molecule has 0 saturated carbocycles. The fraction of sp³-hybridized carbons (Fsp3) is 0.0625. The molecule has 1 aliphatic rings. The van der Waals surface area contributed by atoms with E-state index in [2.05, 4.69) is 15.7 Å². The molecule has 6 nitrogen and oxygen atoms in total. The first-order chi connectivity index (χ1) is 10.7. The van der Waals surface area contributed by atoms with Crippen LogP contribution in [0.15, 0.2) is 57.9 Å². The monoisotopic (exact) mass is 292 g/mol. The largest absolute Gasteiger partial charge is 0.355 e. The molecule has 6 heteroatoms. The van der Waals surface area contributed by atoms with E-state index in [9.17, 15) is 4.79 Å². The fourth-order valence-electron chi connectivity index (χ4n) is 2.64. The van der Waals surface area contributed by atoms with Crippen LogP contribution in [0.5, 0.6) is 0 Å². The van der Waals surface area contributed by atoms with Crippen molar-refractivity contribution in [3.8, 4) is 0 Å². The van der Waals surface area contributed by atoms with Crippen molar-refractivity contribution in [3.05, 3.63) is 59.6 Å². The maximum Gasteiger partial charge on any atom is 0.273 e. The number of nitrogens with one attached hydrogen (secondary N) is 1. The van der Waals surface area contributed by atoms with Gasteiger partial charge in [0.2, 0.25) is 0 Å². The molecule has 108 valence electrons. The quantitative estimate of drug-likeness (QED) is 0.735. The molecule has 0 atom stereocenters. The molecule has 0 unspecified atom stereocenters. The smallest absolute Gasteiger partial charge is 0.273 e. The number of amides is 1. The van der Waals surface area contributed by atoms with Crippen molar-refractivity contribution in [2.24, 2.45) is 12.1 Å². The second-order valence-electron chi connectivity index (χ2n) is 5.05. The van der Waals surface area contributed by atoms with Gasteiger partial charge in [0.1, 0.15) is 5.71 Å². The van der Waals surface area contributed by atoms with E-state index in [0.29, 0.717) is 17.0 Å². The molecule has 0 aliphatic carbocycles. The SMILES string of the molecule is Cn1cc(/C=C2\C(=O)NN=C2c2ccno2)c2ccccc21. The first-order valence-corrected chi connectivity index (χ1v) is 6.79. The van der Waals surface area contributed by atoms with E-state index in [0.717, 1.165) is 16.5 Å². The summed E-state index contributed by atoms with van der Waals surface area (Å²) in [5.74, 6) is 0.212. The average Bonchev–Trinajstić information content (AvgIpc) is 3.23. The summed E-state index contributed by atoms with van der Waals surface area (Å²) < 4.78 is 7.13. The number of benzene rings is 1. The molecule has 2 aromatic heterocycles. The molecule has 1 amide bonds. The highest BCUT2D eigenvalue weighted by molar-refractivity contribution is 6.32. The van der Waals surface area contributed by atoms with Gasteiger partial charge in [0.05, 0.1) is 11.8 Å². The molecule has 0 bridgehead atoms. The highest BCUT2D eigenvalue weighted by Gasteiger charge is 2.26. The number of hydrogen-bond donors (Lipinski definition) is 1. The minimum atomic E-state index is -0.251. The zero-order valence-corrected chi connectivity index (χ0v) is 11.8. The number of carbonyl (C=O) groups excluding carboxylic acids is 1. The van der Waals surface area contributed by atoms with E-state index in [4.69, 9.17) is 4.52 Å². The third-order valence-electron chi connectivity index (χ3n) is 3.67. The molecule has 22 heavy (non-hydrogen) atoms. The van der Waals surface area contributed by atoms with Gasteiger partial charge in [0.15, 0.2) is 5.76 Å². The van der Waals surface area contributed by atoms with Gasteiger partial charge in [-0.3, -0.25) is 4.79 Å². The van der Waals surface area contributed by atoms with Crippen LogP contribution < -0.4 is 5.43 Å². The standard InChI is InChI=1S/C16H12N4O2/c1-20-9-10(11-4-2-3-5-13(11)20)8-12-15(18-19-16(12)21)14-6-7-17-22-14/h2-9H,1H3,(H,19,21)/b12-8-. The molecule has 0 saturated heterocycles. The lowest BCUT2D eigenvalue weighted by molar-refractivity contribution is -0.116. The van der Waals surface area contributed by atoms with Crippen LogP contribution in [0.2, 0.25) is 0 Å². The first kappa shape index (κ1) is 12.6. The second-order valence-corrected chi connectivity index (χ2v) is 5.05. The minimum Gasteiger partial charge on any atom is -0.355 e. The van der Waals surface area contributed by atoms with Crippen LogP contribution in [0, 0.1) is 0 Å². The van der Waals surface area contributed by atoms with E-state index in [1.807, 2.05) is 48.2 Å². The van der Waals surface area contributed by atoms with Crippen LogP contribution in [0.3, 0.4) is 0 Å². The Hall–Kier alpha value is -3.15. The van der Waals surface area contributed by atoms with E-state index >= 15 is 0 Å². The summed E-state index contributed by atoms with van der Waals surface area (Å²) in [6.45, 7) is 0. The normalized spacial score (nSPS) is 16.3. The number of hydrazone groups is 1. The Morgan fingerprint density at radius 2 is 2.14 bits per heavy atom. The van der Waals surface area contributed by atoms with Crippen molar-refractivity contribution in [1.29, 1.82) is 0 Å². The topological polar surface area (TPSA) is 72.4 Å². The molecule has 3 aromatic rings. The maximum atomic E-state index is 12.1. The second kappa shape index (κ2) is 4.70. The maximum absolute atomic E-state index is 12.1. The van der Waals surface area contributed by atoms with E-state index in [-0.39, 0.29) is 5.91 Å². The van der Waals surface area contributed by atoms with E-state index in [1.165, 1.54) is 6.20 Å². The van der Waals surface area contributed by atoms with Gasteiger partial charge in [-0.15, -0.1) is 0 Å². The summed E-state index contributed by atoms with van der Waals surface area (Å²) in [5.41, 5.74) is 5.46. The summed E-state index contributed by atoms with van der Waals surface area (Å²) in [4.78, 5) is 12.1. The van der Waals surface area contributed by atoms with Gasteiger partial charge >= 0.3 is 0 Å². The molecule has 1 N–H and O–H groups in total. The Balaban J connectivity index is 1.87. The highest BCUT2D eigenvalue weighted by Crippen LogP contribution is 2.24. The van der Waals surface area contributed by atoms with Crippen LogP contribution in [0.4, 0.5) is 0 Å². The number of fused-ring (bicyclic) bond motifs is 1. The van der Waals surface area contributed by atoms with Crippen molar-refractivity contribution in [1.82, 2.24) is 15.1 Å². The van der Waals surface area contributed by atoms with Crippen molar-refractivity contribution in [2.45, 2.75) is 0 Å². The van der Waals surface area contributed by atoms with Gasteiger partial charge in [-0.25, -0.2) is 5.43 Å². The summed E-state index contributed by atoms with van der Waals surface area (Å²) in [5, 5.41) is 8.77. The number of nitrogens with zero attached hydrogens (tertiary/aromatic N) is 3. The van der Waals surface area contributed by atoms with Gasteiger partial charge in [-0.1, -0.05) is 23.4 Å². The fourth-order valence-corrected chi connectivity index (χ4v) is 2.64. The third-order valence-corrected chi connectivity index (χ3v) is 3.67. The van der Waals surface area contributed by atoms with Crippen LogP contribution in [-0.2, 0) is 11.8 Å². The van der Waals surface area contributed by atoms with Gasteiger partial charge in [-0.2, -0.15) is 5.10 Å². The molecule has 3 heterocycles. The molecule has 0 radical (unpaired) electrons. The van der Waals surface area contributed by atoms with Crippen LogP contribution in [0.1, 0.15) is 11.3 Å². The lowest BCUT2D eigenvalue weighted by Gasteiger charge is -1.97. The molecule has 4 rings (SSSR count). The number of aryl methyl sites for hydroxylation is 1. The van der Waals surface area contributed by atoms with Crippen molar-refractivity contribution < 1.29 is 9.32 Å². The lowest BCUT2D eigenvalue weighted by atomic mass is 10.0. The summed E-state index contributed by atoms with van der Waals surface area (Å²) in [7, 11) is 1.98. The molecule has 0 spiro atoms. The Morgan fingerprint density at radius 3 is 2.95 bits per heavy atom. The van der Waals surface area contributed by atoms with E-state index < -0.39 is 0 Å². The zero-order chi connectivity index (χ0) is 15.1. The number of para-hydroxylation sites is 1. The molecular weight excluding hydrogens is 280 g/mol. The molecule has 0 fully saturated rings. The van der Waals surface area contributed by atoms with Gasteiger partial charge < -0.3 is 9.09 Å². The lowest BCUT2D eigenvalue weighted by Crippen LogP contribution is -2.13. The number of aromatic nitrogens is 2. The van der Waals surface area contributed by atoms with Crippen LogP contribution in [0.25, 0.3) is 17.0 Å². The zero-order valence-electron chi connectivity index (χ0n) is 11.8. The van der Waals surface area contributed by atoms with Gasteiger partial charge in [0, 0.05) is 35.8 Å². The third kappa shape index (κ3) is 1.85. The summed E-state index contributed by atoms with van der Waals surface area (Å²) in [6, 6.07) is 9.71. The Labute approximate surface area is 125 Å².